The van der Waals surface area contributed by atoms with Gasteiger partial charge in [0, 0.05) is 17.3 Å². The summed E-state index contributed by atoms with van der Waals surface area (Å²) in [6.07, 6.45) is 1.40. The molecule has 0 atom stereocenters. The normalized spacial score (nSPS) is 15.0. The fraction of sp³-hybridized carbons (Fsp3) is 0.250. The van der Waals surface area contributed by atoms with Crippen LogP contribution in [0.5, 0.6) is 0 Å². The van der Waals surface area contributed by atoms with Gasteiger partial charge in [0.1, 0.15) is 0 Å². The Kier molecular flexibility index (Phi) is 2.77. The number of carbonyl (C=O) groups is 2. The van der Waals surface area contributed by atoms with Crippen molar-refractivity contribution in [2.24, 2.45) is 0 Å². The molecule has 1 aromatic heterocycles. The number of aliphatic hydroxyl groups is 1. The van der Waals surface area contributed by atoms with Crippen molar-refractivity contribution < 1.29 is 19.4 Å². The molecule has 1 aliphatic carbocycles. The van der Waals surface area contributed by atoms with E-state index < -0.39 is 12.4 Å². The molecule has 1 N–H and O–H groups in total. The summed E-state index contributed by atoms with van der Waals surface area (Å²) in [4.78, 5) is 28.0. The fourth-order valence-corrected chi connectivity index (χ4v) is 1.90. The second-order valence-electron chi connectivity index (χ2n) is 3.65. The molecule has 5 heteroatoms. The zero-order chi connectivity index (χ0) is 12.6. The molecule has 0 saturated carbocycles. The average Bonchev–Trinajstić information content (AvgIpc) is 2.36. The van der Waals surface area contributed by atoms with Crippen LogP contribution in [0, 0.1) is 0 Å². The van der Waals surface area contributed by atoms with Crippen LogP contribution in [0.25, 0.3) is 0 Å². The number of rotatable bonds is 2. The SMILES string of the molecule is COC1=C(C)C(=O)c2ccnc(CO)c2C1=O. The van der Waals surface area contributed by atoms with Crippen molar-refractivity contribution >= 4 is 11.6 Å². The number of ether oxygens (including phenoxy) is 1. The Balaban J connectivity index is 2.73. The van der Waals surface area contributed by atoms with Crippen LogP contribution >= 0.6 is 0 Å². The minimum atomic E-state index is -0.406. The van der Waals surface area contributed by atoms with Crippen molar-refractivity contribution in [2.75, 3.05) is 7.11 Å². The Bertz CT molecular complexity index is 545. The summed E-state index contributed by atoms with van der Waals surface area (Å²) in [5.41, 5.74) is 0.887. The van der Waals surface area contributed by atoms with E-state index in [2.05, 4.69) is 4.98 Å². The van der Waals surface area contributed by atoms with E-state index in [0.717, 1.165) is 0 Å². The summed E-state index contributed by atoms with van der Waals surface area (Å²) in [6.45, 7) is 1.15. The molecule has 0 aliphatic heterocycles. The zero-order valence-corrected chi connectivity index (χ0v) is 9.48. The summed E-state index contributed by atoms with van der Waals surface area (Å²) >= 11 is 0. The van der Waals surface area contributed by atoms with Crippen LogP contribution in [0.3, 0.4) is 0 Å². The third-order valence-electron chi connectivity index (χ3n) is 2.74. The number of methoxy groups -OCH3 is 1. The van der Waals surface area contributed by atoms with E-state index in [1.54, 1.807) is 6.92 Å². The van der Waals surface area contributed by atoms with E-state index in [9.17, 15) is 9.59 Å². The highest BCUT2D eigenvalue weighted by Crippen LogP contribution is 2.27. The number of carbonyl (C=O) groups excluding carboxylic acids is 2. The summed E-state index contributed by atoms with van der Waals surface area (Å²) < 4.78 is 4.94. The number of pyridine rings is 1. The Hall–Kier alpha value is -2.01. The van der Waals surface area contributed by atoms with Gasteiger partial charge in [-0.25, -0.2) is 0 Å². The van der Waals surface area contributed by atoms with E-state index in [4.69, 9.17) is 9.84 Å². The summed E-state index contributed by atoms with van der Waals surface area (Å²) in [5.74, 6) is -0.657. The second-order valence-corrected chi connectivity index (χ2v) is 3.65. The van der Waals surface area contributed by atoms with Gasteiger partial charge in [-0.05, 0) is 13.0 Å². The number of hydrogen-bond donors (Lipinski definition) is 1. The first-order valence-corrected chi connectivity index (χ1v) is 5.04. The van der Waals surface area contributed by atoms with Crippen molar-refractivity contribution in [3.8, 4) is 0 Å². The molecule has 0 aromatic carbocycles. The van der Waals surface area contributed by atoms with Crippen molar-refractivity contribution in [2.45, 2.75) is 13.5 Å². The van der Waals surface area contributed by atoms with Gasteiger partial charge in [-0.2, -0.15) is 0 Å². The third kappa shape index (κ3) is 1.55. The van der Waals surface area contributed by atoms with Gasteiger partial charge in [0.05, 0.1) is 25.0 Å². The summed E-state index contributed by atoms with van der Waals surface area (Å²) in [5, 5.41) is 9.14. The number of Topliss-reactive ketones (excluding diaryl/α,β-unsaturated/α-hetero) is 2. The van der Waals surface area contributed by atoms with E-state index in [-0.39, 0.29) is 33.9 Å². The Morgan fingerprint density at radius 2 is 2.06 bits per heavy atom. The standard InChI is InChI=1S/C12H11NO4/c1-6-10(15)7-3-4-13-8(5-14)9(7)11(16)12(6)17-2/h3-4,14H,5H2,1-2H3. The molecule has 0 unspecified atom stereocenters. The van der Waals surface area contributed by atoms with Gasteiger partial charge in [0.25, 0.3) is 0 Å². The predicted molar refractivity (Wildman–Crippen MR) is 58.5 cm³/mol. The number of aliphatic hydroxyl groups excluding tert-OH is 1. The largest absolute Gasteiger partial charge is 0.492 e. The molecule has 0 bridgehead atoms. The lowest BCUT2D eigenvalue weighted by Crippen LogP contribution is -2.24. The molecule has 0 saturated heterocycles. The van der Waals surface area contributed by atoms with E-state index >= 15 is 0 Å². The Labute approximate surface area is 97.7 Å². The van der Waals surface area contributed by atoms with Gasteiger partial charge in [-0.15, -0.1) is 0 Å². The smallest absolute Gasteiger partial charge is 0.230 e. The van der Waals surface area contributed by atoms with Crippen LogP contribution in [0.1, 0.15) is 33.3 Å². The van der Waals surface area contributed by atoms with E-state index in [1.807, 2.05) is 0 Å². The number of fused-ring (bicyclic) bond motifs is 1. The second kappa shape index (κ2) is 4.10. The lowest BCUT2D eigenvalue weighted by Gasteiger charge is -2.19. The first-order chi connectivity index (χ1) is 8.11. The van der Waals surface area contributed by atoms with E-state index in [0.29, 0.717) is 0 Å². The highest BCUT2D eigenvalue weighted by molar-refractivity contribution is 6.26. The van der Waals surface area contributed by atoms with Crippen molar-refractivity contribution in [3.63, 3.8) is 0 Å². The average molecular weight is 233 g/mol. The Morgan fingerprint density at radius 1 is 1.35 bits per heavy atom. The fourth-order valence-electron chi connectivity index (χ4n) is 1.90. The first kappa shape index (κ1) is 11.5. The van der Waals surface area contributed by atoms with Crippen LogP contribution in [-0.4, -0.2) is 28.8 Å². The lowest BCUT2D eigenvalue weighted by molar-refractivity contribution is 0.0902. The molecule has 1 heterocycles. The van der Waals surface area contributed by atoms with Gasteiger partial charge in [0.15, 0.2) is 11.5 Å². The summed E-state index contributed by atoms with van der Waals surface area (Å²) in [7, 11) is 1.34. The van der Waals surface area contributed by atoms with Crippen molar-refractivity contribution in [3.05, 3.63) is 40.4 Å². The number of ketones is 2. The monoisotopic (exact) mass is 233 g/mol. The molecule has 17 heavy (non-hydrogen) atoms. The van der Waals surface area contributed by atoms with Crippen molar-refractivity contribution in [1.29, 1.82) is 0 Å². The highest BCUT2D eigenvalue weighted by Gasteiger charge is 2.33. The quantitative estimate of drug-likeness (QED) is 0.820. The van der Waals surface area contributed by atoms with Crippen LogP contribution in [0.2, 0.25) is 0 Å². The van der Waals surface area contributed by atoms with Crippen LogP contribution in [-0.2, 0) is 11.3 Å². The summed E-state index contributed by atoms with van der Waals surface area (Å²) in [6, 6.07) is 1.48. The maximum atomic E-state index is 12.1. The highest BCUT2D eigenvalue weighted by atomic mass is 16.5. The molecule has 0 spiro atoms. The molecule has 0 radical (unpaired) electrons. The van der Waals surface area contributed by atoms with Gasteiger partial charge >= 0.3 is 0 Å². The van der Waals surface area contributed by atoms with Gasteiger partial charge in [-0.3, -0.25) is 14.6 Å². The topological polar surface area (TPSA) is 76.5 Å². The van der Waals surface area contributed by atoms with Crippen LogP contribution < -0.4 is 0 Å². The van der Waals surface area contributed by atoms with Gasteiger partial charge < -0.3 is 9.84 Å². The maximum Gasteiger partial charge on any atom is 0.230 e. The molecule has 2 rings (SSSR count). The first-order valence-electron chi connectivity index (χ1n) is 5.04. The van der Waals surface area contributed by atoms with Gasteiger partial charge in [0.2, 0.25) is 5.78 Å². The van der Waals surface area contributed by atoms with Crippen LogP contribution in [0.4, 0.5) is 0 Å². The molecule has 0 fully saturated rings. The maximum absolute atomic E-state index is 12.1. The Morgan fingerprint density at radius 3 is 2.65 bits per heavy atom. The van der Waals surface area contributed by atoms with E-state index in [1.165, 1.54) is 19.4 Å². The molecular formula is C12H11NO4. The molecule has 88 valence electrons. The van der Waals surface area contributed by atoms with Crippen LogP contribution in [0.15, 0.2) is 23.6 Å². The zero-order valence-electron chi connectivity index (χ0n) is 9.48. The van der Waals surface area contributed by atoms with Crippen molar-refractivity contribution in [1.82, 2.24) is 4.98 Å². The number of nitrogens with zero attached hydrogens (tertiary/aromatic N) is 1. The lowest BCUT2D eigenvalue weighted by atomic mass is 9.88. The predicted octanol–water partition coefficient (Wildman–Crippen LogP) is 0.873. The number of allylic oxidation sites excluding steroid dienone is 2. The minimum Gasteiger partial charge on any atom is -0.492 e. The molecule has 0 amide bonds. The van der Waals surface area contributed by atoms with Gasteiger partial charge in [-0.1, -0.05) is 0 Å². The minimum absolute atomic E-state index is 0.0187. The number of hydrogen-bond acceptors (Lipinski definition) is 5. The molecule has 1 aromatic rings. The molecular weight excluding hydrogens is 222 g/mol. The molecule has 5 nitrogen and oxygen atoms in total. The number of aromatic nitrogens is 1. The third-order valence-corrected chi connectivity index (χ3v) is 2.74. The molecule has 1 aliphatic rings.